The van der Waals surface area contributed by atoms with Gasteiger partial charge >= 0.3 is 0 Å². The van der Waals surface area contributed by atoms with E-state index in [-0.39, 0.29) is 5.56 Å². The zero-order chi connectivity index (χ0) is 15.6. The van der Waals surface area contributed by atoms with Gasteiger partial charge in [0.15, 0.2) is 0 Å². The Morgan fingerprint density at radius 3 is 2.29 bits per heavy atom. The molecule has 4 heteroatoms. The molecule has 0 aliphatic rings. The number of aryl methyl sites for hydroxylation is 3. The SMILES string of the molecule is Cc1ccc(CC(NN)c2c(F)ccc(C)c2F)cc1C. The highest BCUT2D eigenvalue weighted by Gasteiger charge is 2.21. The first-order valence-electron chi connectivity index (χ1n) is 6.90. The molecule has 0 aliphatic heterocycles. The van der Waals surface area contributed by atoms with E-state index in [1.54, 1.807) is 6.92 Å². The van der Waals surface area contributed by atoms with Gasteiger partial charge in [-0.1, -0.05) is 24.3 Å². The van der Waals surface area contributed by atoms with Crippen LogP contribution in [0.2, 0.25) is 0 Å². The molecule has 0 aliphatic carbocycles. The first kappa shape index (κ1) is 15.6. The van der Waals surface area contributed by atoms with Crippen molar-refractivity contribution in [2.24, 2.45) is 5.84 Å². The van der Waals surface area contributed by atoms with Crippen molar-refractivity contribution in [3.8, 4) is 0 Å². The fourth-order valence-electron chi connectivity index (χ4n) is 2.41. The Hall–Kier alpha value is -1.78. The molecule has 0 bridgehead atoms. The predicted molar refractivity (Wildman–Crippen MR) is 80.8 cm³/mol. The van der Waals surface area contributed by atoms with Crippen molar-refractivity contribution in [2.75, 3.05) is 0 Å². The molecule has 0 heterocycles. The molecule has 1 atom stereocenters. The third kappa shape index (κ3) is 3.28. The van der Waals surface area contributed by atoms with Crippen molar-refractivity contribution >= 4 is 0 Å². The third-order valence-electron chi connectivity index (χ3n) is 3.88. The Labute approximate surface area is 124 Å². The number of halogens is 2. The number of nitrogens with one attached hydrogen (secondary N) is 1. The molecule has 1 unspecified atom stereocenters. The largest absolute Gasteiger partial charge is 0.271 e. The molecule has 0 amide bonds. The first-order valence-corrected chi connectivity index (χ1v) is 6.90. The summed E-state index contributed by atoms with van der Waals surface area (Å²) in [6.07, 6.45) is 0.426. The van der Waals surface area contributed by atoms with Gasteiger partial charge in [0.1, 0.15) is 11.6 Å². The highest BCUT2D eigenvalue weighted by atomic mass is 19.1. The van der Waals surface area contributed by atoms with E-state index in [1.165, 1.54) is 17.7 Å². The number of rotatable bonds is 4. The fraction of sp³-hybridized carbons (Fsp3) is 0.294. The van der Waals surface area contributed by atoms with Crippen LogP contribution >= 0.6 is 0 Å². The van der Waals surface area contributed by atoms with Crippen LogP contribution in [0.5, 0.6) is 0 Å². The Morgan fingerprint density at radius 2 is 1.67 bits per heavy atom. The van der Waals surface area contributed by atoms with E-state index in [1.807, 2.05) is 32.0 Å². The summed E-state index contributed by atoms with van der Waals surface area (Å²) in [6.45, 7) is 5.65. The summed E-state index contributed by atoms with van der Waals surface area (Å²) >= 11 is 0. The molecule has 0 spiro atoms. The number of hydrogen-bond donors (Lipinski definition) is 2. The van der Waals surface area contributed by atoms with Crippen molar-refractivity contribution in [1.82, 2.24) is 5.43 Å². The summed E-state index contributed by atoms with van der Waals surface area (Å²) in [4.78, 5) is 0. The van der Waals surface area contributed by atoms with Gasteiger partial charge in [-0.2, -0.15) is 0 Å². The van der Waals surface area contributed by atoms with Gasteiger partial charge < -0.3 is 0 Å². The zero-order valence-electron chi connectivity index (χ0n) is 12.5. The lowest BCUT2D eigenvalue weighted by atomic mass is 9.95. The van der Waals surface area contributed by atoms with E-state index in [9.17, 15) is 8.78 Å². The van der Waals surface area contributed by atoms with Crippen LogP contribution in [0.25, 0.3) is 0 Å². The zero-order valence-corrected chi connectivity index (χ0v) is 12.5. The molecule has 2 aromatic carbocycles. The Bertz CT molecular complexity index is 653. The molecule has 0 fully saturated rings. The van der Waals surface area contributed by atoms with E-state index in [2.05, 4.69) is 5.43 Å². The molecule has 2 rings (SSSR count). The average molecular weight is 290 g/mol. The second-order valence-corrected chi connectivity index (χ2v) is 5.43. The topological polar surface area (TPSA) is 38.0 Å². The molecule has 112 valence electrons. The summed E-state index contributed by atoms with van der Waals surface area (Å²) < 4.78 is 28.2. The van der Waals surface area contributed by atoms with E-state index in [0.717, 1.165) is 11.1 Å². The normalized spacial score (nSPS) is 12.5. The third-order valence-corrected chi connectivity index (χ3v) is 3.88. The smallest absolute Gasteiger partial charge is 0.133 e. The minimum atomic E-state index is -0.605. The maximum Gasteiger partial charge on any atom is 0.133 e. The van der Waals surface area contributed by atoms with Crippen LogP contribution in [0, 0.1) is 32.4 Å². The van der Waals surface area contributed by atoms with Gasteiger partial charge in [-0.25, -0.2) is 8.78 Å². The quantitative estimate of drug-likeness (QED) is 0.666. The molecule has 0 radical (unpaired) electrons. The maximum atomic E-state index is 14.2. The minimum Gasteiger partial charge on any atom is -0.271 e. The Balaban J connectivity index is 2.36. The van der Waals surface area contributed by atoms with Crippen molar-refractivity contribution in [1.29, 1.82) is 0 Å². The molecule has 3 N–H and O–H groups in total. The van der Waals surface area contributed by atoms with Gasteiger partial charge in [-0.15, -0.1) is 0 Å². The lowest BCUT2D eigenvalue weighted by Gasteiger charge is -2.19. The molecular formula is C17H20F2N2. The van der Waals surface area contributed by atoms with Crippen LogP contribution in [-0.4, -0.2) is 0 Å². The van der Waals surface area contributed by atoms with Crippen LogP contribution in [-0.2, 0) is 6.42 Å². The first-order chi connectivity index (χ1) is 9.93. The van der Waals surface area contributed by atoms with Crippen molar-refractivity contribution in [3.63, 3.8) is 0 Å². The molecule has 0 aromatic heterocycles. The average Bonchev–Trinajstić information content (AvgIpc) is 2.46. The standard InChI is InChI=1S/C17H20F2N2/c1-10-4-6-13(8-12(10)3)9-15(21-20)16-14(18)7-5-11(2)17(16)19/h4-8,15,21H,9,20H2,1-3H3. The molecular weight excluding hydrogens is 270 g/mol. The van der Waals surface area contributed by atoms with Crippen LogP contribution in [0.4, 0.5) is 8.78 Å². The summed E-state index contributed by atoms with van der Waals surface area (Å²) in [6, 6.07) is 8.08. The Morgan fingerprint density at radius 1 is 1.00 bits per heavy atom. The van der Waals surface area contributed by atoms with E-state index < -0.39 is 17.7 Å². The number of hydrazine groups is 1. The second-order valence-electron chi connectivity index (χ2n) is 5.43. The fourth-order valence-corrected chi connectivity index (χ4v) is 2.41. The van der Waals surface area contributed by atoms with Crippen LogP contribution in [0.1, 0.15) is 33.9 Å². The van der Waals surface area contributed by atoms with Gasteiger partial charge in [0, 0.05) is 5.56 Å². The summed E-state index contributed by atoms with van der Waals surface area (Å²) in [5, 5.41) is 0. The lowest BCUT2D eigenvalue weighted by molar-refractivity contribution is 0.470. The van der Waals surface area contributed by atoms with Crippen LogP contribution in [0.3, 0.4) is 0 Å². The number of benzene rings is 2. The summed E-state index contributed by atoms with van der Waals surface area (Å²) in [7, 11) is 0. The predicted octanol–water partition coefficient (Wildman–Crippen LogP) is 3.64. The highest BCUT2D eigenvalue weighted by molar-refractivity contribution is 5.34. The molecule has 0 saturated heterocycles. The lowest BCUT2D eigenvalue weighted by Crippen LogP contribution is -2.31. The molecule has 0 saturated carbocycles. The minimum absolute atomic E-state index is 0.00396. The van der Waals surface area contributed by atoms with Gasteiger partial charge in [0.25, 0.3) is 0 Å². The van der Waals surface area contributed by atoms with Crippen LogP contribution in [0.15, 0.2) is 30.3 Å². The second kappa shape index (κ2) is 6.33. The highest BCUT2D eigenvalue weighted by Crippen LogP contribution is 2.26. The molecule has 2 aromatic rings. The van der Waals surface area contributed by atoms with Gasteiger partial charge in [-0.3, -0.25) is 11.3 Å². The monoisotopic (exact) mass is 290 g/mol. The maximum absolute atomic E-state index is 14.2. The van der Waals surface area contributed by atoms with Gasteiger partial charge in [-0.05, 0) is 55.5 Å². The van der Waals surface area contributed by atoms with Crippen molar-refractivity contribution in [2.45, 2.75) is 33.2 Å². The summed E-state index contributed by atoms with van der Waals surface area (Å²) in [5.74, 6) is 4.41. The van der Waals surface area contributed by atoms with Crippen LogP contribution < -0.4 is 11.3 Å². The number of hydrogen-bond acceptors (Lipinski definition) is 2. The Kier molecular flexibility index (Phi) is 4.70. The molecule has 21 heavy (non-hydrogen) atoms. The van der Waals surface area contributed by atoms with Crippen molar-refractivity contribution in [3.05, 3.63) is 69.8 Å². The number of nitrogens with two attached hydrogens (primary N) is 1. The van der Waals surface area contributed by atoms with Gasteiger partial charge in [0.2, 0.25) is 0 Å². The molecule has 2 nitrogen and oxygen atoms in total. The summed E-state index contributed by atoms with van der Waals surface area (Å²) in [5.41, 5.74) is 6.25. The van der Waals surface area contributed by atoms with Gasteiger partial charge in [0.05, 0.1) is 6.04 Å². The van der Waals surface area contributed by atoms with E-state index in [4.69, 9.17) is 5.84 Å². The van der Waals surface area contributed by atoms with Crippen molar-refractivity contribution < 1.29 is 8.78 Å². The van der Waals surface area contributed by atoms with E-state index >= 15 is 0 Å². The van der Waals surface area contributed by atoms with E-state index in [0.29, 0.717) is 12.0 Å².